The number of amides is 2. The maximum absolute atomic E-state index is 13.3. The lowest BCUT2D eigenvalue weighted by atomic mass is 9.81. The second kappa shape index (κ2) is 13.9. The molecule has 3 aromatic carbocycles. The summed E-state index contributed by atoms with van der Waals surface area (Å²) in [4.78, 5) is 25.7. The van der Waals surface area contributed by atoms with Crippen molar-refractivity contribution < 1.29 is 24.5 Å². The van der Waals surface area contributed by atoms with E-state index in [0.29, 0.717) is 29.6 Å². The summed E-state index contributed by atoms with van der Waals surface area (Å²) in [6.45, 7) is 4.62. The van der Waals surface area contributed by atoms with E-state index >= 15 is 0 Å². The van der Waals surface area contributed by atoms with Gasteiger partial charge in [-0.1, -0.05) is 42.8 Å². The topological polar surface area (TPSA) is 139 Å². The molecule has 4 aromatic rings. The Morgan fingerprint density at radius 2 is 1.78 bits per heavy atom. The normalized spacial score (nSPS) is 15.6. The average molecular weight is 630 g/mol. The fourth-order valence-electron chi connectivity index (χ4n) is 5.71. The minimum atomic E-state index is -0.508. The number of carbonyl (C=O) groups excluding carboxylic acids is 2. The van der Waals surface area contributed by atoms with Crippen molar-refractivity contribution in [2.24, 2.45) is 5.92 Å². The molecule has 1 aromatic heterocycles. The largest absolute Gasteiger partial charge is 0.504 e. The quantitative estimate of drug-likeness (QED) is 0.134. The Labute approximate surface area is 266 Å². The van der Waals surface area contributed by atoms with Gasteiger partial charge in [0.05, 0.1) is 18.4 Å². The molecule has 1 aliphatic heterocycles. The molecule has 0 radical (unpaired) electrons. The molecular weight excluding hydrogens is 594 g/mol. The Hall–Kier alpha value is -4.83. The predicted molar refractivity (Wildman–Crippen MR) is 172 cm³/mol. The SMILES string of the molecule is CCC1C=C(c2ccc(Cl)cc2)c2cc(OC)ccc2-n2c(C)nnc2C1CC(=O)NCCCNC(=O)c1cccc(O)c1O. The van der Waals surface area contributed by atoms with Gasteiger partial charge >= 0.3 is 0 Å². The number of methoxy groups -OCH3 is 1. The third kappa shape index (κ3) is 6.81. The van der Waals surface area contributed by atoms with E-state index in [-0.39, 0.29) is 42.0 Å². The number of hydrogen-bond donors (Lipinski definition) is 4. The lowest BCUT2D eigenvalue weighted by Crippen LogP contribution is -2.32. The van der Waals surface area contributed by atoms with Crippen molar-refractivity contribution in [2.45, 2.75) is 39.0 Å². The number of nitrogens with one attached hydrogen (secondary N) is 2. The van der Waals surface area contributed by atoms with E-state index in [1.165, 1.54) is 18.2 Å². The van der Waals surface area contributed by atoms with Crippen LogP contribution in [0.1, 0.15) is 65.2 Å². The summed E-state index contributed by atoms with van der Waals surface area (Å²) in [6, 6.07) is 17.8. The number of aromatic hydroxyl groups is 2. The van der Waals surface area contributed by atoms with Crippen molar-refractivity contribution in [1.82, 2.24) is 25.4 Å². The number of ether oxygens (including phenoxy) is 1. The van der Waals surface area contributed by atoms with Crippen molar-refractivity contribution in [1.29, 1.82) is 0 Å². The monoisotopic (exact) mass is 629 g/mol. The summed E-state index contributed by atoms with van der Waals surface area (Å²) in [5.41, 5.74) is 3.83. The Morgan fingerprint density at radius 1 is 1.02 bits per heavy atom. The van der Waals surface area contributed by atoms with Gasteiger partial charge in [-0.05, 0) is 79.3 Å². The molecule has 0 aliphatic carbocycles. The lowest BCUT2D eigenvalue weighted by molar-refractivity contribution is -0.121. The van der Waals surface area contributed by atoms with Crippen molar-refractivity contribution in [3.63, 3.8) is 0 Å². The number of halogens is 1. The zero-order chi connectivity index (χ0) is 32.1. The molecule has 11 heteroatoms. The van der Waals surface area contributed by atoms with E-state index in [4.69, 9.17) is 16.3 Å². The number of aryl methyl sites for hydroxylation is 1. The molecule has 0 bridgehead atoms. The molecular formula is C34H36ClN5O5. The standard InChI is InChI=1S/C34H36ClN5O5/c1-4-21-17-26(22-9-11-23(35)12-10-22)28-18-24(45-3)13-14-29(28)40-20(2)38-39-33(40)27(21)19-31(42)36-15-6-16-37-34(44)25-7-5-8-30(41)32(25)43/h5,7-14,17-18,21,27,41,43H,4,6,15-16,19H2,1-3H3,(H,36,42)(H,37,44). The van der Waals surface area contributed by atoms with Gasteiger partial charge in [-0.2, -0.15) is 0 Å². The molecule has 1 aliphatic rings. The number of carbonyl (C=O) groups is 2. The van der Waals surface area contributed by atoms with Crippen LogP contribution in [-0.2, 0) is 4.79 Å². The molecule has 0 saturated carbocycles. The fourth-order valence-corrected chi connectivity index (χ4v) is 5.83. The summed E-state index contributed by atoms with van der Waals surface area (Å²) < 4.78 is 7.63. The maximum Gasteiger partial charge on any atom is 0.255 e. The maximum atomic E-state index is 13.3. The highest BCUT2D eigenvalue weighted by atomic mass is 35.5. The third-order valence-electron chi connectivity index (χ3n) is 8.07. The number of phenolic OH excluding ortho intramolecular Hbond substituents is 2. The number of rotatable bonds is 10. The van der Waals surface area contributed by atoms with E-state index in [9.17, 15) is 19.8 Å². The molecule has 2 amide bonds. The van der Waals surface area contributed by atoms with Crippen molar-refractivity contribution in [3.05, 3.63) is 100 Å². The van der Waals surface area contributed by atoms with Gasteiger partial charge in [0, 0.05) is 36.0 Å². The zero-order valence-electron chi connectivity index (χ0n) is 25.4. The van der Waals surface area contributed by atoms with E-state index < -0.39 is 11.7 Å². The highest BCUT2D eigenvalue weighted by Gasteiger charge is 2.33. The number of para-hydroxylation sites is 1. The minimum absolute atomic E-state index is 0.0145. The number of phenols is 2. The highest BCUT2D eigenvalue weighted by molar-refractivity contribution is 6.30. The molecule has 0 spiro atoms. The predicted octanol–water partition coefficient (Wildman–Crippen LogP) is 5.53. The first-order valence-corrected chi connectivity index (χ1v) is 15.2. The zero-order valence-corrected chi connectivity index (χ0v) is 26.1. The number of allylic oxidation sites excluding steroid dienone is 1. The van der Waals surface area contributed by atoms with Gasteiger partial charge in [0.1, 0.15) is 17.4 Å². The molecule has 2 atom stereocenters. The van der Waals surface area contributed by atoms with Gasteiger partial charge in [0.2, 0.25) is 5.91 Å². The van der Waals surface area contributed by atoms with Crippen LogP contribution >= 0.6 is 11.6 Å². The van der Waals surface area contributed by atoms with Crippen LogP contribution in [0.2, 0.25) is 5.02 Å². The Morgan fingerprint density at radius 3 is 2.51 bits per heavy atom. The van der Waals surface area contributed by atoms with Gasteiger partial charge in [-0.25, -0.2) is 0 Å². The van der Waals surface area contributed by atoms with Crippen LogP contribution < -0.4 is 15.4 Å². The molecule has 0 fully saturated rings. The third-order valence-corrected chi connectivity index (χ3v) is 8.32. The fraction of sp³-hybridized carbons (Fsp3) is 0.294. The molecule has 2 heterocycles. The molecule has 4 N–H and O–H groups in total. The summed E-state index contributed by atoms with van der Waals surface area (Å²) in [7, 11) is 1.64. The summed E-state index contributed by atoms with van der Waals surface area (Å²) >= 11 is 6.24. The lowest BCUT2D eigenvalue weighted by Gasteiger charge is -2.29. The van der Waals surface area contributed by atoms with E-state index in [2.05, 4.69) is 33.8 Å². The minimum Gasteiger partial charge on any atom is -0.504 e. The van der Waals surface area contributed by atoms with Crippen LogP contribution in [0.5, 0.6) is 17.2 Å². The first kappa shape index (κ1) is 31.6. The first-order valence-electron chi connectivity index (χ1n) is 14.9. The Balaban J connectivity index is 1.37. The molecule has 2 unspecified atom stereocenters. The number of fused-ring (bicyclic) bond motifs is 3. The van der Waals surface area contributed by atoms with Gasteiger partial charge < -0.3 is 25.6 Å². The van der Waals surface area contributed by atoms with Crippen LogP contribution in [0.4, 0.5) is 0 Å². The average Bonchev–Trinajstić information content (AvgIpc) is 3.41. The van der Waals surface area contributed by atoms with Gasteiger partial charge in [0.25, 0.3) is 5.91 Å². The number of benzene rings is 3. The summed E-state index contributed by atoms with van der Waals surface area (Å²) in [5, 5.41) is 34.9. The molecule has 45 heavy (non-hydrogen) atoms. The Kier molecular flexibility index (Phi) is 9.73. The number of hydrogen-bond acceptors (Lipinski definition) is 7. The second-order valence-corrected chi connectivity index (χ2v) is 11.4. The number of aromatic nitrogens is 3. The molecule has 0 saturated heterocycles. The van der Waals surface area contributed by atoms with Gasteiger partial charge in [-0.15, -0.1) is 10.2 Å². The molecule has 10 nitrogen and oxygen atoms in total. The van der Waals surface area contributed by atoms with E-state index in [1.807, 2.05) is 54.0 Å². The van der Waals surface area contributed by atoms with Crippen molar-refractivity contribution >= 4 is 29.0 Å². The van der Waals surface area contributed by atoms with Crippen LogP contribution in [0.25, 0.3) is 11.3 Å². The second-order valence-electron chi connectivity index (χ2n) is 10.9. The molecule has 234 valence electrons. The van der Waals surface area contributed by atoms with Crippen molar-refractivity contribution in [3.8, 4) is 22.9 Å². The van der Waals surface area contributed by atoms with Crippen LogP contribution in [0, 0.1) is 12.8 Å². The first-order chi connectivity index (χ1) is 21.7. The van der Waals surface area contributed by atoms with E-state index in [1.54, 1.807) is 7.11 Å². The van der Waals surface area contributed by atoms with Crippen LogP contribution in [-0.4, -0.2) is 57.0 Å². The smallest absolute Gasteiger partial charge is 0.255 e. The number of nitrogens with zero attached hydrogens (tertiary/aromatic N) is 3. The van der Waals surface area contributed by atoms with Crippen LogP contribution in [0.3, 0.4) is 0 Å². The van der Waals surface area contributed by atoms with E-state index in [0.717, 1.165) is 34.6 Å². The summed E-state index contributed by atoms with van der Waals surface area (Å²) in [5.74, 6) is 0.364. The molecule has 5 rings (SSSR count). The van der Waals surface area contributed by atoms with Gasteiger partial charge in [0.15, 0.2) is 11.5 Å². The Bertz CT molecular complexity index is 1730. The highest BCUT2D eigenvalue weighted by Crippen LogP contribution is 2.42. The van der Waals surface area contributed by atoms with Crippen LogP contribution in [0.15, 0.2) is 66.7 Å². The van der Waals surface area contributed by atoms with Crippen molar-refractivity contribution in [2.75, 3.05) is 20.2 Å². The van der Waals surface area contributed by atoms with Gasteiger partial charge in [-0.3, -0.25) is 14.2 Å². The summed E-state index contributed by atoms with van der Waals surface area (Å²) in [6.07, 6.45) is 3.65.